The van der Waals surface area contributed by atoms with Crippen molar-refractivity contribution in [2.45, 2.75) is 43.8 Å². The average molecular weight is 425 g/mol. The van der Waals surface area contributed by atoms with Crippen molar-refractivity contribution in [1.29, 1.82) is 10.5 Å². The number of carbonyl (C=O) groups excluding carboxylic acids is 1. The van der Waals surface area contributed by atoms with Crippen LogP contribution in [-0.2, 0) is 6.42 Å². The third kappa shape index (κ3) is 3.77. The number of nitrogens with zero attached hydrogens (tertiary/aromatic N) is 3. The van der Waals surface area contributed by atoms with Gasteiger partial charge in [0.05, 0.1) is 35.2 Å². The number of benzene rings is 2. The molecule has 0 spiro atoms. The summed E-state index contributed by atoms with van der Waals surface area (Å²) >= 11 is 12.6. The Morgan fingerprint density at radius 1 is 1.14 bits per heavy atom. The minimum absolute atomic E-state index is 0.0295. The molecule has 4 rings (SSSR count). The highest BCUT2D eigenvalue weighted by atomic mass is 35.5. The predicted octanol–water partition coefficient (Wildman–Crippen LogP) is 4.54. The Morgan fingerprint density at radius 3 is 2.66 bits per heavy atom. The van der Waals surface area contributed by atoms with Crippen molar-refractivity contribution < 1.29 is 4.79 Å². The molecule has 2 bridgehead atoms. The van der Waals surface area contributed by atoms with Crippen molar-refractivity contribution in [2.24, 2.45) is 0 Å². The van der Waals surface area contributed by atoms with Gasteiger partial charge in [-0.05, 0) is 60.2 Å². The standard InChI is InChI=1S/C22H18Cl2N4O/c23-16-8-13(5-6-25)7-15(9-16)14-1-3-18(19(24)10-14)22(29)27-20-11-17-2-4-21(20)28(17)12-26/h1,3,7-10,17,20-21H,2,4-5,11H2,(H,27,29)/t17-,20+,21+/m0/s1. The summed E-state index contributed by atoms with van der Waals surface area (Å²) in [6, 6.07) is 13.1. The Hall–Kier alpha value is -2.73. The molecule has 2 saturated heterocycles. The summed E-state index contributed by atoms with van der Waals surface area (Å²) in [5.41, 5.74) is 2.89. The second kappa shape index (κ2) is 7.95. The van der Waals surface area contributed by atoms with E-state index in [1.807, 2.05) is 17.0 Å². The monoisotopic (exact) mass is 424 g/mol. The third-order valence-corrected chi connectivity index (χ3v) is 6.29. The number of nitriles is 2. The summed E-state index contributed by atoms with van der Waals surface area (Å²) in [4.78, 5) is 14.6. The van der Waals surface area contributed by atoms with E-state index in [-0.39, 0.29) is 30.5 Å². The first-order chi connectivity index (χ1) is 14.0. The molecule has 2 aromatic carbocycles. The molecule has 2 aliphatic heterocycles. The first-order valence-corrected chi connectivity index (χ1v) is 10.2. The summed E-state index contributed by atoms with van der Waals surface area (Å²) in [6.45, 7) is 0. The van der Waals surface area contributed by atoms with Crippen LogP contribution in [0.15, 0.2) is 36.4 Å². The van der Waals surface area contributed by atoms with E-state index in [0.29, 0.717) is 15.6 Å². The quantitative estimate of drug-likeness (QED) is 0.730. The zero-order chi connectivity index (χ0) is 20.5. The largest absolute Gasteiger partial charge is 0.347 e. The number of nitrogens with one attached hydrogen (secondary N) is 1. The number of carbonyl (C=O) groups is 1. The van der Waals surface area contributed by atoms with Crippen molar-refractivity contribution in [3.8, 4) is 23.4 Å². The predicted molar refractivity (Wildman–Crippen MR) is 111 cm³/mol. The fourth-order valence-electron chi connectivity index (χ4n) is 4.44. The zero-order valence-electron chi connectivity index (χ0n) is 15.5. The van der Waals surface area contributed by atoms with Gasteiger partial charge in [-0.1, -0.05) is 35.3 Å². The van der Waals surface area contributed by atoms with E-state index < -0.39 is 0 Å². The molecule has 2 aromatic rings. The van der Waals surface area contributed by atoms with Crippen molar-refractivity contribution in [3.05, 3.63) is 57.6 Å². The molecule has 7 heteroatoms. The summed E-state index contributed by atoms with van der Waals surface area (Å²) in [5.74, 6) is -0.228. The Bertz CT molecular complexity index is 1060. The van der Waals surface area contributed by atoms with E-state index in [1.165, 1.54) is 0 Å². The molecule has 2 aliphatic rings. The first-order valence-electron chi connectivity index (χ1n) is 9.45. The smallest absolute Gasteiger partial charge is 0.253 e. The fraction of sp³-hybridized carbons (Fsp3) is 0.318. The minimum atomic E-state index is -0.228. The summed E-state index contributed by atoms with van der Waals surface area (Å²) < 4.78 is 0. The van der Waals surface area contributed by atoms with Gasteiger partial charge in [-0.3, -0.25) is 4.79 Å². The number of hydrogen-bond acceptors (Lipinski definition) is 4. The van der Waals surface area contributed by atoms with Gasteiger partial charge < -0.3 is 10.2 Å². The number of fused-ring (bicyclic) bond motifs is 2. The van der Waals surface area contributed by atoms with E-state index in [9.17, 15) is 10.1 Å². The molecule has 2 fully saturated rings. The van der Waals surface area contributed by atoms with Crippen LogP contribution in [0.25, 0.3) is 11.1 Å². The molecule has 2 heterocycles. The lowest BCUT2D eigenvalue weighted by Crippen LogP contribution is -2.43. The number of amides is 1. The Labute approximate surface area is 179 Å². The lowest BCUT2D eigenvalue weighted by molar-refractivity contribution is 0.0928. The molecule has 29 heavy (non-hydrogen) atoms. The average Bonchev–Trinajstić information content (AvgIpc) is 3.24. The van der Waals surface area contributed by atoms with Crippen molar-refractivity contribution in [3.63, 3.8) is 0 Å². The SMILES string of the molecule is N#CCc1cc(Cl)cc(-c2ccc(C(=O)N[C@@H]3C[C@@H]4CC[C@H]3N4C#N)c(Cl)c2)c1. The summed E-state index contributed by atoms with van der Waals surface area (Å²) in [5, 5.41) is 22.2. The molecule has 1 amide bonds. The lowest BCUT2D eigenvalue weighted by atomic mass is 9.95. The molecule has 3 atom stereocenters. The Balaban J connectivity index is 1.53. The van der Waals surface area contributed by atoms with Gasteiger partial charge in [-0.15, -0.1) is 0 Å². The normalized spacial score (nSPS) is 22.2. The highest BCUT2D eigenvalue weighted by Crippen LogP contribution is 2.37. The lowest BCUT2D eigenvalue weighted by Gasteiger charge is -2.22. The van der Waals surface area contributed by atoms with Gasteiger partial charge in [0, 0.05) is 11.1 Å². The molecule has 146 valence electrons. The maximum absolute atomic E-state index is 12.8. The maximum atomic E-state index is 12.8. The van der Waals surface area contributed by atoms with Crippen molar-refractivity contribution >= 4 is 29.1 Å². The molecule has 0 saturated carbocycles. The van der Waals surface area contributed by atoms with Gasteiger partial charge in [0.1, 0.15) is 0 Å². The van der Waals surface area contributed by atoms with Gasteiger partial charge in [0.2, 0.25) is 0 Å². The zero-order valence-corrected chi connectivity index (χ0v) is 17.0. The van der Waals surface area contributed by atoms with Crippen LogP contribution >= 0.6 is 23.2 Å². The van der Waals surface area contributed by atoms with Crippen LogP contribution in [0.2, 0.25) is 10.0 Å². The maximum Gasteiger partial charge on any atom is 0.253 e. The van der Waals surface area contributed by atoms with Crippen molar-refractivity contribution in [1.82, 2.24) is 10.2 Å². The van der Waals surface area contributed by atoms with Gasteiger partial charge >= 0.3 is 0 Å². The summed E-state index contributed by atoms with van der Waals surface area (Å²) in [6.07, 6.45) is 5.25. The van der Waals surface area contributed by atoms with Crippen LogP contribution in [0.5, 0.6) is 0 Å². The number of hydrogen-bond donors (Lipinski definition) is 1. The van der Waals surface area contributed by atoms with Gasteiger partial charge in [-0.25, -0.2) is 0 Å². The van der Waals surface area contributed by atoms with Crippen molar-refractivity contribution in [2.75, 3.05) is 0 Å². The van der Waals surface area contributed by atoms with Crippen LogP contribution in [0.4, 0.5) is 0 Å². The van der Waals surface area contributed by atoms with Gasteiger partial charge in [0.25, 0.3) is 5.91 Å². The molecule has 1 N–H and O–H groups in total. The molecule has 0 unspecified atom stereocenters. The van der Waals surface area contributed by atoms with E-state index in [2.05, 4.69) is 17.6 Å². The Kier molecular flexibility index (Phi) is 5.37. The topological polar surface area (TPSA) is 79.9 Å². The van der Waals surface area contributed by atoms with E-state index >= 15 is 0 Å². The van der Waals surface area contributed by atoms with Crippen LogP contribution < -0.4 is 5.32 Å². The van der Waals surface area contributed by atoms with E-state index in [0.717, 1.165) is 36.0 Å². The second-order valence-corrected chi connectivity index (χ2v) is 8.34. The van der Waals surface area contributed by atoms with E-state index in [4.69, 9.17) is 28.5 Å². The molecular weight excluding hydrogens is 407 g/mol. The molecule has 0 aromatic heterocycles. The molecular formula is C22H18Cl2N4O. The first kappa shape index (κ1) is 19.6. The molecule has 5 nitrogen and oxygen atoms in total. The minimum Gasteiger partial charge on any atom is -0.347 e. The van der Waals surface area contributed by atoms with E-state index in [1.54, 1.807) is 24.3 Å². The highest BCUT2D eigenvalue weighted by molar-refractivity contribution is 6.34. The van der Waals surface area contributed by atoms with Gasteiger partial charge in [-0.2, -0.15) is 10.5 Å². The van der Waals surface area contributed by atoms with Crippen LogP contribution in [0.3, 0.4) is 0 Å². The van der Waals surface area contributed by atoms with Gasteiger partial charge in [0.15, 0.2) is 6.19 Å². The molecule has 0 aliphatic carbocycles. The van der Waals surface area contributed by atoms with Crippen LogP contribution in [-0.4, -0.2) is 28.9 Å². The second-order valence-electron chi connectivity index (χ2n) is 7.50. The third-order valence-electron chi connectivity index (χ3n) is 5.76. The Morgan fingerprint density at radius 2 is 1.97 bits per heavy atom. The summed E-state index contributed by atoms with van der Waals surface area (Å²) in [7, 11) is 0. The highest BCUT2D eigenvalue weighted by Gasteiger charge is 2.46. The van der Waals surface area contributed by atoms with Crippen LogP contribution in [0.1, 0.15) is 35.2 Å². The van der Waals surface area contributed by atoms with Crippen LogP contribution in [0, 0.1) is 22.8 Å². The number of rotatable bonds is 4. The number of halogens is 2. The fourth-order valence-corrected chi connectivity index (χ4v) is 4.96. The molecule has 0 radical (unpaired) electrons.